The van der Waals surface area contributed by atoms with Crippen molar-refractivity contribution < 1.29 is 8.42 Å². The predicted octanol–water partition coefficient (Wildman–Crippen LogP) is 2.00. The Labute approximate surface area is 136 Å². The highest BCUT2D eigenvalue weighted by molar-refractivity contribution is 7.89. The van der Waals surface area contributed by atoms with Crippen LogP contribution in [0.2, 0.25) is 0 Å². The molecule has 122 valence electrons. The largest absolute Gasteiger partial charge is 0.312 e. The van der Waals surface area contributed by atoms with Crippen LogP contribution >= 0.6 is 0 Å². The number of likely N-dealkylation sites (N-methyl/N-ethyl adjacent to an activating group) is 1. The Morgan fingerprint density at radius 2 is 2.17 bits per heavy atom. The van der Waals surface area contributed by atoms with Gasteiger partial charge in [-0.25, -0.2) is 8.42 Å². The molecule has 1 saturated carbocycles. The van der Waals surface area contributed by atoms with Crippen LogP contribution in [0.4, 0.5) is 0 Å². The van der Waals surface area contributed by atoms with Crippen LogP contribution in [0, 0.1) is 5.41 Å². The zero-order valence-electron chi connectivity index (χ0n) is 13.2. The summed E-state index contributed by atoms with van der Waals surface area (Å²) >= 11 is 0. The lowest BCUT2D eigenvalue weighted by Crippen LogP contribution is -2.37. The molecule has 1 aromatic heterocycles. The van der Waals surface area contributed by atoms with Crippen LogP contribution in [-0.4, -0.2) is 43.4 Å². The molecule has 1 N–H and O–H groups in total. The lowest BCUT2D eigenvalue weighted by atomic mass is 10.0. The molecule has 4 rings (SSSR count). The summed E-state index contributed by atoms with van der Waals surface area (Å²) in [5.74, 6) is 0. The molecule has 1 unspecified atom stereocenters. The number of aromatic nitrogens is 1. The molecule has 2 aromatic rings. The second-order valence-corrected chi connectivity index (χ2v) is 8.53. The molecule has 2 aliphatic rings. The summed E-state index contributed by atoms with van der Waals surface area (Å²) in [4.78, 5) is 4.48. The normalized spacial score (nSPS) is 23.6. The van der Waals surface area contributed by atoms with E-state index < -0.39 is 10.0 Å². The number of benzene rings is 1. The predicted molar refractivity (Wildman–Crippen MR) is 89.6 cm³/mol. The fraction of sp³-hybridized carbons (Fsp3) is 0.471. The summed E-state index contributed by atoms with van der Waals surface area (Å²) in [5.41, 5.74) is 0.162. The highest BCUT2D eigenvalue weighted by Gasteiger charge is 2.57. The molecular formula is C17H21N3O2S. The zero-order valence-corrected chi connectivity index (χ0v) is 14.0. The monoisotopic (exact) mass is 331 g/mol. The lowest BCUT2D eigenvalue weighted by molar-refractivity contribution is 0.416. The highest BCUT2D eigenvalue weighted by Crippen LogP contribution is 2.53. The third-order valence-corrected chi connectivity index (χ3v) is 7.09. The third kappa shape index (κ3) is 2.36. The standard InChI is InChI=1S/C17H21N3O2S/c1-2-19-16-11-20(12-17(16)7-8-17)23(21,22)15-5-3-4-13-10-18-9-6-14(13)15/h3-6,9-10,16,19H,2,7-8,11-12H2,1H3. The van der Waals surface area contributed by atoms with Gasteiger partial charge < -0.3 is 5.32 Å². The maximum atomic E-state index is 13.2. The molecule has 23 heavy (non-hydrogen) atoms. The van der Waals surface area contributed by atoms with Gasteiger partial charge in [-0.15, -0.1) is 0 Å². The van der Waals surface area contributed by atoms with Gasteiger partial charge in [0.15, 0.2) is 0 Å². The molecule has 1 aromatic carbocycles. The third-order valence-electron chi connectivity index (χ3n) is 5.22. The summed E-state index contributed by atoms with van der Waals surface area (Å²) in [6.07, 6.45) is 5.60. The van der Waals surface area contributed by atoms with E-state index in [4.69, 9.17) is 0 Å². The van der Waals surface area contributed by atoms with Crippen LogP contribution in [0.3, 0.4) is 0 Å². The van der Waals surface area contributed by atoms with E-state index in [0.717, 1.165) is 30.2 Å². The van der Waals surface area contributed by atoms with Crippen LogP contribution in [0.1, 0.15) is 19.8 Å². The first-order valence-corrected chi connectivity index (χ1v) is 9.57. The Hall–Kier alpha value is -1.50. The summed E-state index contributed by atoms with van der Waals surface area (Å²) < 4.78 is 28.1. The van der Waals surface area contributed by atoms with E-state index in [2.05, 4.69) is 17.2 Å². The quantitative estimate of drug-likeness (QED) is 0.931. The fourth-order valence-electron chi connectivity index (χ4n) is 3.76. The maximum absolute atomic E-state index is 13.2. The summed E-state index contributed by atoms with van der Waals surface area (Å²) in [5, 5.41) is 5.08. The van der Waals surface area contributed by atoms with Gasteiger partial charge in [-0.05, 0) is 31.5 Å². The molecule has 1 spiro atoms. The van der Waals surface area contributed by atoms with Crippen molar-refractivity contribution in [1.29, 1.82) is 0 Å². The Balaban J connectivity index is 1.73. The number of nitrogens with one attached hydrogen (secondary N) is 1. The number of nitrogens with zero attached hydrogens (tertiary/aromatic N) is 2. The average Bonchev–Trinajstić information content (AvgIpc) is 3.24. The number of pyridine rings is 1. The number of hydrogen-bond donors (Lipinski definition) is 1. The lowest BCUT2D eigenvalue weighted by Gasteiger charge is -2.18. The number of hydrogen-bond acceptors (Lipinski definition) is 4. The number of fused-ring (bicyclic) bond motifs is 1. The van der Waals surface area contributed by atoms with Crippen LogP contribution in [0.5, 0.6) is 0 Å². The van der Waals surface area contributed by atoms with Crippen molar-refractivity contribution in [2.45, 2.75) is 30.7 Å². The van der Waals surface area contributed by atoms with Crippen molar-refractivity contribution in [2.75, 3.05) is 19.6 Å². The number of sulfonamides is 1. The minimum Gasteiger partial charge on any atom is -0.312 e. The van der Waals surface area contributed by atoms with Gasteiger partial charge in [-0.3, -0.25) is 4.98 Å². The van der Waals surface area contributed by atoms with E-state index in [0.29, 0.717) is 18.0 Å². The van der Waals surface area contributed by atoms with E-state index in [1.54, 1.807) is 34.9 Å². The zero-order chi connectivity index (χ0) is 16.1. The molecule has 2 fully saturated rings. The topological polar surface area (TPSA) is 62.3 Å². The van der Waals surface area contributed by atoms with Gasteiger partial charge in [-0.1, -0.05) is 19.1 Å². The molecule has 1 aliphatic heterocycles. The molecule has 2 heterocycles. The SMILES string of the molecule is CCNC1CN(S(=O)(=O)c2cccc3cnccc23)CC12CC2. The van der Waals surface area contributed by atoms with Crippen molar-refractivity contribution in [3.63, 3.8) is 0 Å². The fourth-order valence-corrected chi connectivity index (χ4v) is 5.52. The van der Waals surface area contributed by atoms with Crippen LogP contribution < -0.4 is 5.32 Å². The number of rotatable bonds is 4. The van der Waals surface area contributed by atoms with Gasteiger partial charge >= 0.3 is 0 Å². The molecule has 1 saturated heterocycles. The van der Waals surface area contributed by atoms with Gasteiger partial charge in [0.05, 0.1) is 4.90 Å². The smallest absolute Gasteiger partial charge is 0.243 e. The van der Waals surface area contributed by atoms with Gasteiger partial charge in [0.25, 0.3) is 0 Å². The molecule has 0 radical (unpaired) electrons. The average molecular weight is 331 g/mol. The minimum atomic E-state index is -3.48. The van der Waals surface area contributed by atoms with E-state index in [9.17, 15) is 8.42 Å². The summed E-state index contributed by atoms with van der Waals surface area (Å²) in [7, 11) is -3.48. The first-order chi connectivity index (χ1) is 11.1. The second-order valence-electron chi connectivity index (χ2n) is 6.62. The summed E-state index contributed by atoms with van der Waals surface area (Å²) in [6.45, 7) is 4.15. The van der Waals surface area contributed by atoms with Crippen molar-refractivity contribution >= 4 is 20.8 Å². The van der Waals surface area contributed by atoms with E-state index >= 15 is 0 Å². The van der Waals surface area contributed by atoms with Crippen molar-refractivity contribution in [2.24, 2.45) is 5.41 Å². The van der Waals surface area contributed by atoms with Crippen molar-refractivity contribution in [3.05, 3.63) is 36.7 Å². The maximum Gasteiger partial charge on any atom is 0.243 e. The second kappa shape index (κ2) is 5.26. The highest BCUT2D eigenvalue weighted by atomic mass is 32.2. The molecule has 0 amide bonds. The van der Waals surface area contributed by atoms with Crippen LogP contribution in [-0.2, 0) is 10.0 Å². The molecule has 6 heteroatoms. The van der Waals surface area contributed by atoms with E-state index in [1.165, 1.54) is 0 Å². The Bertz CT molecular complexity index is 841. The van der Waals surface area contributed by atoms with Crippen molar-refractivity contribution in [1.82, 2.24) is 14.6 Å². The molecular weight excluding hydrogens is 310 g/mol. The van der Waals surface area contributed by atoms with Crippen LogP contribution in [0.15, 0.2) is 41.6 Å². The first kappa shape index (κ1) is 15.1. The minimum absolute atomic E-state index is 0.162. The van der Waals surface area contributed by atoms with Gasteiger partial charge in [-0.2, -0.15) is 4.31 Å². The molecule has 1 aliphatic carbocycles. The molecule has 0 bridgehead atoms. The Morgan fingerprint density at radius 1 is 1.35 bits per heavy atom. The summed E-state index contributed by atoms with van der Waals surface area (Å²) in [6, 6.07) is 7.46. The molecule has 1 atom stereocenters. The van der Waals surface area contributed by atoms with Crippen molar-refractivity contribution in [3.8, 4) is 0 Å². The molecule has 5 nitrogen and oxygen atoms in total. The Kier molecular flexibility index (Phi) is 3.44. The van der Waals surface area contributed by atoms with E-state index in [1.807, 2.05) is 6.07 Å². The van der Waals surface area contributed by atoms with E-state index in [-0.39, 0.29) is 11.5 Å². The van der Waals surface area contributed by atoms with Gasteiger partial charge in [0.1, 0.15) is 0 Å². The van der Waals surface area contributed by atoms with Gasteiger partial charge in [0.2, 0.25) is 10.0 Å². The Morgan fingerprint density at radius 3 is 2.91 bits per heavy atom. The van der Waals surface area contributed by atoms with Crippen LogP contribution in [0.25, 0.3) is 10.8 Å². The van der Waals surface area contributed by atoms with Gasteiger partial charge in [0, 0.05) is 47.7 Å². The first-order valence-electron chi connectivity index (χ1n) is 8.13.